The molecule has 2 N–H and O–H groups in total. The lowest BCUT2D eigenvalue weighted by Gasteiger charge is -2.15. The van der Waals surface area contributed by atoms with Crippen molar-refractivity contribution in [2.24, 2.45) is 0 Å². The summed E-state index contributed by atoms with van der Waals surface area (Å²) in [6, 6.07) is 5.56. The Morgan fingerprint density at radius 2 is 2.05 bits per heavy atom. The first-order chi connectivity index (χ1) is 8.83. The van der Waals surface area contributed by atoms with Gasteiger partial charge in [-0.25, -0.2) is 0 Å². The second-order valence-electron chi connectivity index (χ2n) is 5.19. The number of thioether (sulfide) groups is 1. The van der Waals surface area contributed by atoms with Crippen LogP contribution in [0.1, 0.15) is 26.6 Å². The SMILES string of the molecule is CC(C)(C)SCc1noc(-c2cc(N)cc(Br)c2)n1. The first-order valence-electron chi connectivity index (χ1n) is 5.86. The van der Waals surface area contributed by atoms with Crippen LogP contribution < -0.4 is 5.73 Å². The Hall–Kier alpha value is -1.01. The number of benzene rings is 1. The fourth-order valence-corrected chi connectivity index (χ4v) is 2.64. The predicted octanol–water partition coefficient (Wildman–Crippen LogP) is 4.11. The third-order valence-electron chi connectivity index (χ3n) is 2.27. The van der Waals surface area contributed by atoms with Gasteiger partial charge in [0.15, 0.2) is 5.82 Å². The van der Waals surface area contributed by atoms with E-state index in [2.05, 4.69) is 46.8 Å². The monoisotopic (exact) mass is 341 g/mol. The molecule has 0 aliphatic heterocycles. The van der Waals surface area contributed by atoms with E-state index >= 15 is 0 Å². The molecule has 0 atom stereocenters. The molecule has 19 heavy (non-hydrogen) atoms. The van der Waals surface area contributed by atoms with Crippen molar-refractivity contribution in [3.8, 4) is 11.5 Å². The zero-order chi connectivity index (χ0) is 14.0. The van der Waals surface area contributed by atoms with Crippen molar-refractivity contribution >= 4 is 33.4 Å². The van der Waals surface area contributed by atoms with E-state index in [1.165, 1.54) is 0 Å². The second kappa shape index (κ2) is 5.54. The maximum absolute atomic E-state index is 5.80. The van der Waals surface area contributed by atoms with Crippen molar-refractivity contribution in [3.63, 3.8) is 0 Å². The molecule has 0 aliphatic carbocycles. The molecular weight excluding hydrogens is 326 g/mol. The topological polar surface area (TPSA) is 64.9 Å². The summed E-state index contributed by atoms with van der Waals surface area (Å²) in [4.78, 5) is 4.39. The van der Waals surface area contributed by atoms with E-state index in [0.29, 0.717) is 17.4 Å². The van der Waals surface area contributed by atoms with E-state index in [0.717, 1.165) is 15.8 Å². The van der Waals surface area contributed by atoms with Crippen LogP contribution in [0, 0.1) is 0 Å². The minimum absolute atomic E-state index is 0.182. The highest BCUT2D eigenvalue weighted by atomic mass is 79.9. The molecule has 0 amide bonds. The average molecular weight is 342 g/mol. The van der Waals surface area contributed by atoms with Gasteiger partial charge in [-0.05, 0) is 18.2 Å². The lowest BCUT2D eigenvalue weighted by molar-refractivity contribution is 0.425. The number of nitrogen functional groups attached to an aromatic ring is 1. The summed E-state index contributed by atoms with van der Waals surface area (Å²) >= 11 is 5.18. The van der Waals surface area contributed by atoms with Gasteiger partial charge in [-0.2, -0.15) is 4.98 Å². The van der Waals surface area contributed by atoms with Gasteiger partial charge < -0.3 is 10.3 Å². The first kappa shape index (κ1) is 14.4. The van der Waals surface area contributed by atoms with E-state index in [4.69, 9.17) is 10.3 Å². The number of rotatable bonds is 3. The van der Waals surface area contributed by atoms with Gasteiger partial charge in [0.1, 0.15) is 0 Å². The predicted molar refractivity (Wildman–Crippen MR) is 82.9 cm³/mol. The summed E-state index contributed by atoms with van der Waals surface area (Å²) in [5, 5.41) is 3.99. The molecule has 6 heteroatoms. The van der Waals surface area contributed by atoms with Gasteiger partial charge in [-0.15, -0.1) is 11.8 Å². The molecule has 102 valence electrons. The van der Waals surface area contributed by atoms with Crippen LogP contribution in [0.3, 0.4) is 0 Å². The molecule has 2 rings (SSSR count). The lowest BCUT2D eigenvalue weighted by atomic mass is 10.2. The number of hydrogen-bond acceptors (Lipinski definition) is 5. The summed E-state index contributed by atoms with van der Waals surface area (Å²) in [7, 11) is 0. The van der Waals surface area contributed by atoms with Crippen LogP contribution in [-0.2, 0) is 5.75 Å². The highest BCUT2D eigenvalue weighted by Crippen LogP contribution is 2.28. The molecule has 4 nitrogen and oxygen atoms in total. The Morgan fingerprint density at radius 1 is 1.32 bits per heavy atom. The minimum Gasteiger partial charge on any atom is -0.399 e. The largest absolute Gasteiger partial charge is 0.399 e. The smallest absolute Gasteiger partial charge is 0.258 e. The molecule has 0 bridgehead atoms. The van der Waals surface area contributed by atoms with Gasteiger partial charge in [-0.1, -0.05) is 41.9 Å². The quantitative estimate of drug-likeness (QED) is 0.851. The Morgan fingerprint density at radius 3 is 2.68 bits per heavy atom. The summed E-state index contributed by atoms with van der Waals surface area (Å²) in [6.45, 7) is 6.48. The first-order valence-corrected chi connectivity index (χ1v) is 7.64. The van der Waals surface area contributed by atoms with Crippen LogP contribution in [0.2, 0.25) is 0 Å². The number of aromatic nitrogens is 2. The molecule has 1 heterocycles. The summed E-state index contributed by atoms with van der Waals surface area (Å²) in [6.07, 6.45) is 0. The van der Waals surface area contributed by atoms with Crippen LogP contribution in [-0.4, -0.2) is 14.9 Å². The fourth-order valence-electron chi connectivity index (χ4n) is 1.45. The highest BCUT2D eigenvalue weighted by molar-refractivity contribution is 9.10. The maximum atomic E-state index is 5.80. The number of anilines is 1. The van der Waals surface area contributed by atoms with Crippen molar-refractivity contribution < 1.29 is 4.52 Å². The van der Waals surface area contributed by atoms with Crippen molar-refractivity contribution in [2.45, 2.75) is 31.3 Å². The standard InChI is InChI=1S/C13H16BrN3OS/c1-13(2,3)19-7-11-16-12(18-17-11)8-4-9(14)6-10(15)5-8/h4-6H,7,15H2,1-3H3. The molecule has 0 saturated heterocycles. The van der Waals surface area contributed by atoms with E-state index in [9.17, 15) is 0 Å². The molecule has 1 aromatic heterocycles. The zero-order valence-electron chi connectivity index (χ0n) is 11.1. The van der Waals surface area contributed by atoms with Crippen molar-refractivity contribution in [1.29, 1.82) is 0 Å². The lowest BCUT2D eigenvalue weighted by Crippen LogP contribution is -2.07. The zero-order valence-corrected chi connectivity index (χ0v) is 13.5. The van der Waals surface area contributed by atoms with Crippen LogP contribution in [0.15, 0.2) is 27.2 Å². The molecular formula is C13H16BrN3OS. The van der Waals surface area contributed by atoms with E-state index in [1.54, 1.807) is 11.8 Å². The molecule has 2 aromatic rings. The highest BCUT2D eigenvalue weighted by Gasteiger charge is 2.15. The van der Waals surface area contributed by atoms with Gasteiger partial charge >= 0.3 is 0 Å². The Bertz CT molecular complexity index is 557. The molecule has 0 radical (unpaired) electrons. The number of nitrogens with zero attached hydrogens (tertiary/aromatic N) is 2. The van der Waals surface area contributed by atoms with Crippen LogP contribution in [0.5, 0.6) is 0 Å². The average Bonchev–Trinajstić information content (AvgIpc) is 2.72. The summed E-state index contributed by atoms with van der Waals surface area (Å²) < 4.78 is 6.35. The Balaban J connectivity index is 2.16. The van der Waals surface area contributed by atoms with Gasteiger partial charge in [-0.3, -0.25) is 0 Å². The Labute approximate surface area is 125 Å². The number of hydrogen-bond donors (Lipinski definition) is 1. The number of halogens is 1. The van der Waals surface area contributed by atoms with E-state index < -0.39 is 0 Å². The molecule has 0 aliphatic rings. The number of nitrogens with two attached hydrogens (primary N) is 1. The molecule has 0 fully saturated rings. The van der Waals surface area contributed by atoms with Crippen LogP contribution >= 0.6 is 27.7 Å². The second-order valence-corrected chi connectivity index (χ2v) is 7.91. The van der Waals surface area contributed by atoms with Crippen molar-refractivity contribution in [2.75, 3.05) is 5.73 Å². The van der Waals surface area contributed by atoms with Gasteiger partial charge in [0, 0.05) is 20.5 Å². The van der Waals surface area contributed by atoms with Gasteiger partial charge in [0.05, 0.1) is 5.75 Å². The van der Waals surface area contributed by atoms with Crippen LogP contribution in [0.25, 0.3) is 11.5 Å². The third-order valence-corrected chi connectivity index (χ3v) is 4.00. The van der Waals surface area contributed by atoms with Crippen molar-refractivity contribution in [3.05, 3.63) is 28.5 Å². The van der Waals surface area contributed by atoms with E-state index in [-0.39, 0.29) is 4.75 Å². The molecule has 0 unspecified atom stereocenters. The summed E-state index contributed by atoms with van der Waals surface area (Å²) in [5.74, 6) is 1.93. The van der Waals surface area contributed by atoms with Crippen molar-refractivity contribution in [1.82, 2.24) is 10.1 Å². The van der Waals surface area contributed by atoms with Gasteiger partial charge in [0.25, 0.3) is 5.89 Å². The summed E-state index contributed by atoms with van der Waals surface area (Å²) in [5.41, 5.74) is 7.28. The molecule has 1 aromatic carbocycles. The Kier molecular flexibility index (Phi) is 4.20. The molecule has 0 saturated carbocycles. The fraction of sp³-hybridized carbons (Fsp3) is 0.385. The maximum Gasteiger partial charge on any atom is 0.258 e. The van der Waals surface area contributed by atoms with Gasteiger partial charge in [0.2, 0.25) is 0 Å². The molecule has 0 spiro atoms. The van der Waals surface area contributed by atoms with Crippen LogP contribution in [0.4, 0.5) is 5.69 Å². The third kappa shape index (κ3) is 4.24. The minimum atomic E-state index is 0.182. The van der Waals surface area contributed by atoms with E-state index in [1.807, 2.05) is 18.2 Å². The normalized spacial score (nSPS) is 11.8.